The van der Waals surface area contributed by atoms with Crippen LogP contribution in [0.1, 0.15) is 18.8 Å². The average Bonchev–Trinajstić information content (AvgIpc) is 3.20. The maximum Gasteiger partial charge on any atom is 0.449 e. The Morgan fingerprint density at radius 2 is 2.12 bits per heavy atom. The number of halogens is 3. The average molecular weight is 389 g/mol. The van der Waals surface area contributed by atoms with E-state index in [0.29, 0.717) is 0 Å². The van der Waals surface area contributed by atoms with Crippen LogP contribution in [-0.2, 0) is 16.2 Å². The zero-order valence-corrected chi connectivity index (χ0v) is 14.1. The van der Waals surface area contributed by atoms with Crippen molar-refractivity contribution in [3.8, 4) is 0 Å². The van der Waals surface area contributed by atoms with E-state index in [0.717, 1.165) is 10.8 Å². The second kappa shape index (κ2) is 6.29. The van der Waals surface area contributed by atoms with Crippen molar-refractivity contribution in [2.45, 2.75) is 24.2 Å². The van der Waals surface area contributed by atoms with Crippen molar-refractivity contribution in [3.63, 3.8) is 0 Å². The number of anilines is 1. The molecule has 1 unspecified atom stereocenters. The highest BCUT2D eigenvalue weighted by molar-refractivity contribution is 7.92. The number of aliphatic hydroxyl groups is 1. The molecule has 0 aliphatic rings. The number of aromatic nitrogens is 4. The van der Waals surface area contributed by atoms with Crippen LogP contribution in [0.2, 0.25) is 0 Å². The summed E-state index contributed by atoms with van der Waals surface area (Å²) in [6.07, 6.45) is -2.44. The fourth-order valence-corrected chi connectivity index (χ4v) is 3.44. The van der Waals surface area contributed by atoms with Crippen molar-refractivity contribution in [2.75, 3.05) is 11.3 Å². The lowest BCUT2D eigenvalue weighted by molar-refractivity contribution is -0.147. The maximum absolute atomic E-state index is 13.3. The lowest BCUT2D eigenvalue weighted by Gasteiger charge is -2.16. The third kappa shape index (κ3) is 3.24. The Bertz CT molecular complexity index is 1030. The largest absolute Gasteiger partial charge is 0.449 e. The van der Waals surface area contributed by atoms with E-state index < -0.39 is 34.7 Å². The van der Waals surface area contributed by atoms with Gasteiger partial charge in [0.05, 0.1) is 41.9 Å². The van der Waals surface area contributed by atoms with E-state index in [4.69, 9.17) is 0 Å². The highest BCUT2D eigenvalue weighted by Gasteiger charge is 2.38. The molecule has 26 heavy (non-hydrogen) atoms. The molecular formula is C14H14F3N5O3S. The minimum atomic E-state index is -4.72. The molecule has 2 aromatic heterocycles. The number of nitrogens with zero attached hydrogens (tertiary/aromatic N) is 3. The molecule has 0 spiro atoms. The van der Waals surface area contributed by atoms with Crippen LogP contribution in [0.25, 0.3) is 11.0 Å². The van der Waals surface area contributed by atoms with Crippen LogP contribution in [-0.4, -0.2) is 39.7 Å². The van der Waals surface area contributed by atoms with Crippen LogP contribution in [0.3, 0.4) is 0 Å². The molecule has 3 N–H and O–H groups in total. The molecule has 1 aromatic carbocycles. The minimum absolute atomic E-state index is 0.0436. The van der Waals surface area contributed by atoms with E-state index in [1.807, 2.05) is 0 Å². The summed E-state index contributed by atoms with van der Waals surface area (Å²) in [4.78, 5) is 9.62. The van der Waals surface area contributed by atoms with Gasteiger partial charge in [0.25, 0.3) is 10.0 Å². The second-order valence-electron chi connectivity index (χ2n) is 5.56. The second-order valence-corrected chi connectivity index (χ2v) is 7.21. The van der Waals surface area contributed by atoms with E-state index >= 15 is 0 Å². The highest BCUT2D eigenvalue weighted by atomic mass is 32.2. The number of hydrogen-bond acceptors (Lipinski definition) is 5. The third-order valence-electron chi connectivity index (χ3n) is 3.66. The summed E-state index contributed by atoms with van der Waals surface area (Å²) >= 11 is 0. The Hall–Kier alpha value is -2.60. The summed E-state index contributed by atoms with van der Waals surface area (Å²) in [5.74, 6) is -1.16. The zero-order chi connectivity index (χ0) is 19.1. The molecular weight excluding hydrogens is 375 g/mol. The van der Waals surface area contributed by atoms with Gasteiger partial charge in [0.2, 0.25) is 5.82 Å². The van der Waals surface area contributed by atoms with Crippen molar-refractivity contribution in [1.29, 1.82) is 0 Å². The van der Waals surface area contributed by atoms with Crippen LogP contribution >= 0.6 is 0 Å². The Kier molecular flexibility index (Phi) is 4.40. The smallest absolute Gasteiger partial charge is 0.394 e. The molecule has 0 saturated carbocycles. The van der Waals surface area contributed by atoms with Gasteiger partial charge in [0, 0.05) is 0 Å². The first-order chi connectivity index (χ1) is 12.1. The molecule has 0 radical (unpaired) electrons. The molecule has 3 aromatic rings. The van der Waals surface area contributed by atoms with Crippen LogP contribution < -0.4 is 4.72 Å². The number of aromatic amines is 1. The first-order valence-corrected chi connectivity index (χ1v) is 8.83. The van der Waals surface area contributed by atoms with Gasteiger partial charge < -0.3 is 14.7 Å². The lowest BCUT2D eigenvalue weighted by atomic mass is 10.2. The van der Waals surface area contributed by atoms with Gasteiger partial charge in [-0.3, -0.25) is 4.72 Å². The van der Waals surface area contributed by atoms with E-state index in [1.54, 1.807) is 0 Å². The third-order valence-corrected chi connectivity index (χ3v) is 4.97. The number of alkyl halides is 3. The van der Waals surface area contributed by atoms with Crippen molar-refractivity contribution < 1.29 is 26.7 Å². The lowest BCUT2D eigenvalue weighted by Crippen LogP contribution is -2.19. The molecule has 140 valence electrons. The predicted molar refractivity (Wildman–Crippen MR) is 85.9 cm³/mol. The van der Waals surface area contributed by atoms with Crippen molar-refractivity contribution in [3.05, 3.63) is 36.5 Å². The molecule has 0 aliphatic carbocycles. The summed E-state index contributed by atoms with van der Waals surface area (Å²) in [6.45, 7) is 0.911. The van der Waals surface area contributed by atoms with Crippen LogP contribution in [0.15, 0.2) is 35.7 Å². The van der Waals surface area contributed by atoms with Crippen LogP contribution in [0.4, 0.5) is 18.9 Å². The monoisotopic (exact) mass is 389 g/mol. The van der Waals surface area contributed by atoms with E-state index in [2.05, 4.69) is 19.7 Å². The van der Waals surface area contributed by atoms with E-state index in [-0.39, 0.29) is 21.7 Å². The highest BCUT2D eigenvalue weighted by Crippen LogP contribution is 2.34. The summed E-state index contributed by atoms with van der Waals surface area (Å²) in [5.41, 5.74) is 0.118. The number of rotatable bonds is 5. The van der Waals surface area contributed by atoms with Gasteiger partial charge in [-0.25, -0.2) is 9.97 Å². The first kappa shape index (κ1) is 18.2. The van der Waals surface area contributed by atoms with Gasteiger partial charge >= 0.3 is 6.18 Å². The Morgan fingerprint density at radius 1 is 1.38 bits per heavy atom. The number of H-pyrrole nitrogens is 1. The summed E-state index contributed by atoms with van der Waals surface area (Å²) in [6, 6.07) is 2.97. The maximum atomic E-state index is 13.3. The molecule has 2 heterocycles. The summed E-state index contributed by atoms with van der Waals surface area (Å²) < 4.78 is 67.2. The normalized spacial score (nSPS) is 13.9. The Balaban J connectivity index is 2.07. The Labute approximate surface area is 145 Å². The predicted octanol–water partition coefficient (Wildman–Crippen LogP) is 2.13. The van der Waals surface area contributed by atoms with Gasteiger partial charge in [0.15, 0.2) is 5.03 Å². The van der Waals surface area contributed by atoms with Crippen molar-refractivity contribution in [1.82, 2.24) is 19.5 Å². The van der Waals surface area contributed by atoms with Gasteiger partial charge in [0.1, 0.15) is 0 Å². The Morgan fingerprint density at radius 3 is 2.69 bits per heavy atom. The molecule has 12 heteroatoms. The van der Waals surface area contributed by atoms with E-state index in [9.17, 15) is 26.7 Å². The molecule has 3 rings (SSSR count). The fraction of sp³-hybridized carbons (Fsp3) is 0.286. The van der Waals surface area contributed by atoms with Gasteiger partial charge in [-0.2, -0.15) is 21.6 Å². The zero-order valence-electron chi connectivity index (χ0n) is 13.3. The number of sulfonamides is 1. The van der Waals surface area contributed by atoms with Gasteiger partial charge in [-0.15, -0.1) is 0 Å². The number of aliphatic hydroxyl groups excluding tert-OH is 1. The SMILES string of the molecule is CC(CO)n1c(C(F)(F)F)nc2cc(NS(=O)(=O)c3cnc[nH]3)ccc21. The van der Waals surface area contributed by atoms with Crippen molar-refractivity contribution in [2.24, 2.45) is 0 Å². The van der Waals surface area contributed by atoms with Crippen LogP contribution in [0, 0.1) is 0 Å². The van der Waals surface area contributed by atoms with E-state index in [1.165, 1.54) is 31.5 Å². The first-order valence-electron chi connectivity index (χ1n) is 7.34. The minimum Gasteiger partial charge on any atom is -0.394 e. The van der Waals surface area contributed by atoms with Gasteiger partial charge in [-0.1, -0.05) is 0 Å². The number of fused-ring (bicyclic) bond motifs is 1. The number of hydrogen-bond donors (Lipinski definition) is 3. The van der Waals surface area contributed by atoms with Crippen LogP contribution in [0.5, 0.6) is 0 Å². The molecule has 0 saturated heterocycles. The number of imidazole rings is 2. The molecule has 8 nitrogen and oxygen atoms in total. The van der Waals surface area contributed by atoms with Gasteiger partial charge in [-0.05, 0) is 25.1 Å². The molecule has 1 atom stereocenters. The number of benzene rings is 1. The quantitative estimate of drug-likeness (QED) is 0.619. The molecule has 0 fully saturated rings. The summed E-state index contributed by atoms with van der Waals surface area (Å²) in [7, 11) is -3.96. The number of nitrogens with one attached hydrogen (secondary N) is 2. The fourth-order valence-electron chi connectivity index (χ4n) is 2.49. The topological polar surface area (TPSA) is 113 Å². The van der Waals surface area contributed by atoms with Crippen molar-refractivity contribution >= 4 is 26.7 Å². The standard InChI is InChI=1S/C14H14F3N5O3S/c1-8(6-23)22-11-3-2-9(4-10(11)20-13(22)14(15,16)17)21-26(24,25)12-5-18-7-19-12/h2-5,7-8,21,23H,6H2,1H3,(H,18,19). The molecule has 0 bridgehead atoms. The molecule has 0 amide bonds. The summed E-state index contributed by atoms with van der Waals surface area (Å²) in [5, 5.41) is 9.07. The molecule has 0 aliphatic heterocycles.